The first kappa shape index (κ1) is 21.6. The molecule has 0 bridgehead atoms. The van der Waals surface area contributed by atoms with Crippen LogP contribution in [0.5, 0.6) is 5.75 Å². The van der Waals surface area contributed by atoms with Gasteiger partial charge < -0.3 is 20.3 Å². The molecule has 1 aliphatic rings. The quantitative estimate of drug-likeness (QED) is 0.614. The van der Waals surface area contributed by atoms with Gasteiger partial charge >= 0.3 is 0 Å². The lowest BCUT2D eigenvalue weighted by molar-refractivity contribution is 0.303. The van der Waals surface area contributed by atoms with Crippen LogP contribution in [-0.4, -0.2) is 51.1 Å². The van der Waals surface area contributed by atoms with Gasteiger partial charge in [0, 0.05) is 13.1 Å². The minimum atomic E-state index is 0. The first-order valence-corrected chi connectivity index (χ1v) is 8.56. The Hall–Kier alpha value is -1.47. The Labute approximate surface area is 165 Å². The average Bonchev–Trinajstić information content (AvgIpc) is 3.07. The van der Waals surface area contributed by atoms with Gasteiger partial charge in [0.25, 0.3) is 0 Å². The number of nitrogens with two attached hydrogens (primary N) is 1. The van der Waals surface area contributed by atoms with Gasteiger partial charge in [0.15, 0.2) is 0 Å². The van der Waals surface area contributed by atoms with E-state index in [2.05, 4.69) is 35.0 Å². The van der Waals surface area contributed by atoms with Crippen molar-refractivity contribution in [1.29, 1.82) is 0 Å². The monoisotopic (exact) mass is 402 g/mol. The lowest BCUT2D eigenvalue weighted by Crippen LogP contribution is -2.37. The van der Waals surface area contributed by atoms with Gasteiger partial charge in [-0.15, -0.1) is 36.2 Å². The molecule has 25 heavy (non-hydrogen) atoms. The number of rotatable bonds is 5. The Kier molecular flexibility index (Phi) is 8.52. The van der Waals surface area contributed by atoms with E-state index in [9.17, 15) is 0 Å². The van der Waals surface area contributed by atoms with Crippen LogP contribution in [0, 0.1) is 0 Å². The van der Waals surface area contributed by atoms with Gasteiger partial charge in [0.1, 0.15) is 18.2 Å². The number of hydrogen-bond donors (Lipinski definition) is 1. The highest BCUT2D eigenvalue weighted by atomic mass is 35.5. The van der Waals surface area contributed by atoms with Crippen molar-refractivity contribution in [2.24, 2.45) is 10.7 Å². The van der Waals surface area contributed by atoms with E-state index >= 15 is 0 Å². The van der Waals surface area contributed by atoms with E-state index in [1.54, 1.807) is 11.3 Å². The number of thiophene rings is 1. The number of ether oxygens (including phenoxy) is 1. The molecule has 0 atom stereocenters. The second kappa shape index (κ2) is 9.87. The molecule has 2 N–H and O–H groups in total. The number of nitrogens with zero attached hydrogens (tertiary/aromatic N) is 3. The van der Waals surface area contributed by atoms with Crippen molar-refractivity contribution in [2.75, 3.05) is 45.2 Å². The Morgan fingerprint density at radius 2 is 2.12 bits per heavy atom. The summed E-state index contributed by atoms with van der Waals surface area (Å²) in [7, 11) is 4.17. The molecule has 5 nitrogen and oxygen atoms in total. The highest BCUT2D eigenvalue weighted by Gasteiger charge is 2.18. The summed E-state index contributed by atoms with van der Waals surface area (Å²) < 4.78 is 5.76. The third-order valence-corrected chi connectivity index (χ3v) is 4.63. The number of halogens is 2. The van der Waals surface area contributed by atoms with Gasteiger partial charge in [-0.3, -0.25) is 0 Å². The molecular weight excluding hydrogens is 379 g/mol. The first-order chi connectivity index (χ1) is 11.1. The van der Waals surface area contributed by atoms with Crippen molar-refractivity contribution in [2.45, 2.75) is 0 Å². The van der Waals surface area contributed by atoms with E-state index in [0.717, 1.165) is 48.2 Å². The third kappa shape index (κ3) is 5.51. The molecule has 2 aromatic rings. The van der Waals surface area contributed by atoms with Crippen LogP contribution in [0.15, 0.2) is 40.7 Å². The van der Waals surface area contributed by atoms with Gasteiger partial charge in [-0.05, 0) is 43.7 Å². The molecule has 1 aromatic carbocycles. The van der Waals surface area contributed by atoms with Crippen LogP contribution in [0.4, 0.5) is 11.4 Å². The van der Waals surface area contributed by atoms with Gasteiger partial charge in [-0.25, -0.2) is 4.99 Å². The SMILES string of the molecule is CN(C)CCN1CCOc2ccc(N=C(N)c3cccs3)cc21.Cl.Cl. The zero-order valence-corrected chi connectivity index (χ0v) is 16.8. The fraction of sp³-hybridized carbons (Fsp3) is 0.353. The van der Waals surface area contributed by atoms with Crippen molar-refractivity contribution < 1.29 is 4.74 Å². The molecule has 138 valence electrons. The summed E-state index contributed by atoms with van der Waals surface area (Å²) >= 11 is 1.59. The second-order valence-electron chi connectivity index (χ2n) is 5.77. The lowest BCUT2D eigenvalue weighted by Gasteiger charge is -2.32. The number of hydrogen-bond acceptors (Lipinski definition) is 5. The number of anilines is 1. The molecule has 0 amide bonds. The largest absolute Gasteiger partial charge is 0.490 e. The molecule has 1 aliphatic heterocycles. The van der Waals surface area contributed by atoms with E-state index in [-0.39, 0.29) is 24.8 Å². The summed E-state index contributed by atoms with van der Waals surface area (Å²) in [6.45, 7) is 3.59. The number of benzene rings is 1. The molecule has 0 unspecified atom stereocenters. The maximum Gasteiger partial charge on any atom is 0.142 e. The van der Waals surface area contributed by atoms with Crippen LogP contribution in [0.3, 0.4) is 0 Å². The van der Waals surface area contributed by atoms with E-state index in [1.807, 2.05) is 29.6 Å². The number of fused-ring (bicyclic) bond motifs is 1. The Morgan fingerprint density at radius 1 is 1.32 bits per heavy atom. The zero-order valence-electron chi connectivity index (χ0n) is 14.3. The van der Waals surface area contributed by atoms with E-state index in [1.165, 1.54) is 0 Å². The molecule has 0 fully saturated rings. The summed E-state index contributed by atoms with van der Waals surface area (Å²) in [6, 6.07) is 9.96. The van der Waals surface area contributed by atoms with E-state index < -0.39 is 0 Å². The third-order valence-electron chi connectivity index (χ3n) is 3.74. The predicted molar refractivity (Wildman–Crippen MR) is 112 cm³/mol. The molecule has 0 aliphatic carbocycles. The standard InChI is InChI=1S/C17H22N4OS.2ClH/c1-20(2)7-8-21-9-10-22-15-6-5-13(12-14(15)21)19-17(18)16-4-3-11-23-16;;/h3-6,11-12H,7-10H2,1-2H3,(H2,18,19);2*1H. The molecule has 0 spiro atoms. The van der Waals surface area contributed by atoms with Crippen LogP contribution >= 0.6 is 36.2 Å². The Balaban J connectivity index is 0.00000156. The average molecular weight is 403 g/mol. The smallest absolute Gasteiger partial charge is 0.142 e. The molecule has 0 radical (unpaired) electrons. The van der Waals surface area contributed by atoms with Crippen molar-refractivity contribution in [3.8, 4) is 5.75 Å². The molecule has 8 heteroatoms. The van der Waals surface area contributed by atoms with Crippen molar-refractivity contribution >= 4 is 53.4 Å². The highest BCUT2D eigenvalue weighted by molar-refractivity contribution is 7.12. The molecule has 0 saturated carbocycles. The molecule has 0 saturated heterocycles. The molecular formula is C17H24Cl2N4OS. The maximum absolute atomic E-state index is 6.09. The van der Waals surface area contributed by atoms with Crippen LogP contribution in [0.2, 0.25) is 0 Å². The molecule has 2 heterocycles. The number of aliphatic imine (C=N–C) groups is 1. The van der Waals surface area contributed by atoms with Gasteiger partial charge in [0.2, 0.25) is 0 Å². The zero-order chi connectivity index (χ0) is 16.2. The van der Waals surface area contributed by atoms with Crippen molar-refractivity contribution in [3.05, 3.63) is 40.6 Å². The van der Waals surface area contributed by atoms with Crippen LogP contribution < -0.4 is 15.4 Å². The summed E-state index contributed by atoms with van der Waals surface area (Å²) in [5.41, 5.74) is 8.04. The predicted octanol–water partition coefficient (Wildman–Crippen LogP) is 3.39. The summed E-state index contributed by atoms with van der Waals surface area (Å²) in [6.07, 6.45) is 0. The normalized spacial score (nSPS) is 13.6. The minimum Gasteiger partial charge on any atom is -0.490 e. The van der Waals surface area contributed by atoms with Gasteiger partial charge in [-0.1, -0.05) is 6.07 Å². The fourth-order valence-electron chi connectivity index (χ4n) is 2.50. The van der Waals surface area contributed by atoms with Crippen LogP contribution in [0.1, 0.15) is 4.88 Å². The summed E-state index contributed by atoms with van der Waals surface area (Å²) in [4.78, 5) is 10.1. The summed E-state index contributed by atoms with van der Waals surface area (Å²) in [5.74, 6) is 1.47. The van der Waals surface area contributed by atoms with Gasteiger partial charge in [0.05, 0.1) is 22.8 Å². The summed E-state index contributed by atoms with van der Waals surface area (Å²) in [5, 5.41) is 2.00. The van der Waals surface area contributed by atoms with E-state index in [0.29, 0.717) is 5.84 Å². The Morgan fingerprint density at radius 3 is 2.80 bits per heavy atom. The first-order valence-electron chi connectivity index (χ1n) is 7.68. The van der Waals surface area contributed by atoms with Crippen LogP contribution in [-0.2, 0) is 0 Å². The highest BCUT2D eigenvalue weighted by Crippen LogP contribution is 2.35. The lowest BCUT2D eigenvalue weighted by atomic mass is 10.2. The number of likely N-dealkylation sites (N-methyl/N-ethyl adjacent to an activating group) is 1. The minimum absolute atomic E-state index is 0. The Bertz CT molecular complexity index is 692. The van der Waals surface area contributed by atoms with E-state index in [4.69, 9.17) is 10.5 Å². The fourth-order valence-corrected chi connectivity index (χ4v) is 3.13. The maximum atomic E-state index is 6.09. The molecule has 3 rings (SSSR count). The van der Waals surface area contributed by atoms with Crippen molar-refractivity contribution in [3.63, 3.8) is 0 Å². The van der Waals surface area contributed by atoms with Gasteiger partial charge in [-0.2, -0.15) is 0 Å². The molecule has 1 aromatic heterocycles. The number of amidine groups is 1. The van der Waals surface area contributed by atoms with Crippen LogP contribution in [0.25, 0.3) is 0 Å². The second-order valence-corrected chi connectivity index (χ2v) is 6.71. The topological polar surface area (TPSA) is 54.1 Å². The van der Waals surface area contributed by atoms with Crippen molar-refractivity contribution in [1.82, 2.24) is 4.90 Å².